The largest absolute Gasteiger partial charge is 0.505 e. The number of aromatic carboxylic acids is 1. The first-order valence-corrected chi connectivity index (χ1v) is 17.3. The number of likely N-dealkylation sites (N-methyl/N-ethyl adjacent to an activating group) is 1. The smallest absolute Gasteiger partial charge is 0.351 e. The summed E-state index contributed by atoms with van der Waals surface area (Å²) in [5, 5.41) is 39.3. The Labute approximate surface area is 283 Å². The van der Waals surface area contributed by atoms with Crippen LogP contribution in [0, 0.1) is 0 Å². The molecule has 2 unspecified atom stereocenters. The monoisotopic (exact) mass is 734 g/mol. The van der Waals surface area contributed by atoms with E-state index in [1.165, 1.54) is 6.07 Å². The van der Waals surface area contributed by atoms with Crippen LogP contribution >= 0.6 is 0 Å². The first-order chi connectivity index (χ1) is 23.3. The number of nitrogens with one attached hydrogen (secondary N) is 2. The van der Waals surface area contributed by atoms with Gasteiger partial charge in [0.15, 0.2) is 5.75 Å². The Hall–Kier alpha value is -5.10. The van der Waals surface area contributed by atoms with Crippen LogP contribution in [0.4, 0.5) is 29.0 Å². The average molecular weight is 735 g/mol. The molecule has 0 aliphatic carbocycles. The first-order valence-electron chi connectivity index (χ1n) is 14.4. The molecule has 0 amide bonds. The lowest BCUT2D eigenvalue weighted by Gasteiger charge is -2.42. The molecule has 20 nitrogen and oxygen atoms in total. The SMILES string of the molecule is CC1CN(c2nc(Nc3cc(S(=O)(=O)O)cc4cc(S(=O)(=O)O)c(N=Nc5cc(COO)cc(C(=O)O)c5)c(O)c34)[nH]c(=O)n2)C(C)CN1C. The molecule has 0 bridgehead atoms. The van der Waals surface area contributed by atoms with E-state index in [0.29, 0.717) is 13.1 Å². The minimum Gasteiger partial charge on any atom is -0.505 e. The van der Waals surface area contributed by atoms with Gasteiger partial charge in [-0.15, -0.1) is 5.11 Å². The van der Waals surface area contributed by atoms with E-state index in [1.54, 1.807) is 4.90 Å². The zero-order valence-corrected chi connectivity index (χ0v) is 28.0. The molecular formula is C28H30N8O12S2. The number of aromatic nitrogens is 3. The van der Waals surface area contributed by atoms with Crippen molar-refractivity contribution in [2.75, 3.05) is 30.4 Å². The minimum absolute atomic E-state index is 0.0286. The van der Waals surface area contributed by atoms with Crippen molar-refractivity contribution in [2.24, 2.45) is 10.2 Å². The molecule has 22 heteroatoms. The first kappa shape index (κ1) is 36.2. The van der Waals surface area contributed by atoms with Gasteiger partial charge in [0.2, 0.25) is 11.9 Å². The maximum atomic E-state index is 12.7. The molecule has 266 valence electrons. The number of hydrogen-bond donors (Lipinski definition) is 7. The van der Waals surface area contributed by atoms with Gasteiger partial charge < -0.3 is 20.4 Å². The summed E-state index contributed by atoms with van der Waals surface area (Å²) >= 11 is 0. The van der Waals surface area contributed by atoms with Crippen molar-refractivity contribution in [3.05, 3.63) is 58.0 Å². The van der Waals surface area contributed by atoms with Crippen molar-refractivity contribution in [3.8, 4) is 5.75 Å². The Morgan fingerprint density at radius 3 is 2.38 bits per heavy atom. The van der Waals surface area contributed by atoms with Crippen LogP contribution in [0.3, 0.4) is 0 Å². The topological polar surface area (TPSA) is 298 Å². The molecule has 7 N–H and O–H groups in total. The van der Waals surface area contributed by atoms with Gasteiger partial charge in [-0.25, -0.2) is 14.5 Å². The summed E-state index contributed by atoms with van der Waals surface area (Å²) in [6.07, 6.45) is 0. The number of nitrogens with zero attached hydrogens (tertiary/aromatic N) is 6. The van der Waals surface area contributed by atoms with E-state index in [0.717, 1.165) is 30.3 Å². The van der Waals surface area contributed by atoms with Gasteiger partial charge in [-0.3, -0.25) is 24.2 Å². The third-order valence-corrected chi connectivity index (χ3v) is 9.57. The van der Waals surface area contributed by atoms with Gasteiger partial charge in [-0.2, -0.15) is 31.9 Å². The van der Waals surface area contributed by atoms with E-state index in [9.17, 15) is 45.7 Å². The molecule has 3 aromatic carbocycles. The van der Waals surface area contributed by atoms with Crippen LogP contribution in [0.5, 0.6) is 5.75 Å². The molecule has 1 aliphatic heterocycles. The number of fused-ring (bicyclic) bond motifs is 1. The fourth-order valence-electron chi connectivity index (χ4n) is 5.39. The third kappa shape index (κ3) is 7.70. The van der Waals surface area contributed by atoms with Crippen molar-refractivity contribution in [1.82, 2.24) is 19.9 Å². The van der Waals surface area contributed by atoms with Crippen LogP contribution in [0.1, 0.15) is 29.8 Å². The number of rotatable bonds is 10. The minimum atomic E-state index is -5.22. The molecule has 1 aliphatic rings. The zero-order valence-electron chi connectivity index (χ0n) is 26.3. The lowest BCUT2D eigenvalue weighted by molar-refractivity contribution is -0.253. The maximum Gasteiger partial charge on any atom is 0.351 e. The molecule has 4 aromatic rings. The highest BCUT2D eigenvalue weighted by Crippen LogP contribution is 2.45. The van der Waals surface area contributed by atoms with Gasteiger partial charge >= 0.3 is 11.7 Å². The fourth-order valence-corrected chi connectivity index (χ4v) is 6.59. The number of carboxylic acid groups (broad SMARTS) is 1. The summed E-state index contributed by atoms with van der Waals surface area (Å²) in [6.45, 7) is 4.51. The number of benzene rings is 3. The Morgan fingerprint density at radius 1 is 1.02 bits per heavy atom. The number of aromatic amines is 1. The number of aromatic hydroxyl groups is 1. The van der Waals surface area contributed by atoms with Gasteiger partial charge in [-0.05, 0) is 68.2 Å². The summed E-state index contributed by atoms with van der Waals surface area (Å²) in [7, 11) is -8.24. The normalized spacial score (nSPS) is 17.4. The maximum absolute atomic E-state index is 12.7. The summed E-state index contributed by atoms with van der Waals surface area (Å²) < 4.78 is 69.3. The highest BCUT2D eigenvalue weighted by atomic mass is 32.2. The number of azo groups is 1. The van der Waals surface area contributed by atoms with Crippen molar-refractivity contribution >= 4 is 65.9 Å². The number of hydrogen-bond acceptors (Lipinski definition) is 16. The second-order valence-corrected chi connectivity index (χ2v) is 14.3. The predicted molar refractivity (Wildman–Crippen MR) is 175 cm³/mol. The molecule has 0 radical (unpaired) electrons. The molecule has 0 spiro atoms. The molecule has 5 rings (SSSR count). The quantitative estimate of drug-likeness (QED) is 0.0533. The third-order valence-electron chi connectivity index (χ3n) is 7.87. The van der Waals surface area contributed by atoms with E-state index in [1.807, 2.05) is 20.9 Å². The molecular weight excluding hydrogens is 704 g/mol. The number of phenolic OH excluding ortho intramolecular Hbond substituents is 1. The molecule has 2 atom stereocenters. The summed E-state index contributed by atoms with van der Waals surface area (Å²) in [5.74, 6) is -2.62. The van der Waals surface area contributed by atoms with E-state index < -0.39 is 59.7 Å². The van der Waals surface area contributed by atoms with Crippen molar-refractivity contribution < 1.29 is 51.1 Å². The number of carboxylic acids is 1. The molecule has 0 saturated carbocycles. The summed E-state index contributed by atoms with van der Waals surface area (Å²) in [5.41, 5.74) is -2.41. The van der Waals surface area contributed by atoms with Gasteiger partial charge in [0.1, 0.15) is 17.2 Å². The van der Waals surface area contributed by atoms with Crippen molar-refractivity contribution in [1.29, 1.82) is 0 Å². The van der Waals surface area contributed by atoms with Crippen LogP contribution in [0.2, 0.25) is 0 Å². The second kappa shape index (κ2) is 13.7. The van der Waals surface area contributed by atoms with E-state index in [2.05, 4.69) is 40.3 Å². The molecule has 1 fully saturated rings. The fraction of sp³-hybridized carbons (Fsp3) is 0.286. The lowest BCUT2D eigenvalue weighted by atomic mass is 10.1. The van der Waals surface area contributed by atoms with Gasteiger partial charge in [-0.1, -0.05) is 0 Å². The zero-order chi connectivity index (χ0) is 36.7. The van der Waals surface area contributed by atoms with Crippen molar-refractivity contribution in [3.63, 3.8) is 0 Å². The van der Waals surface area contributed by atoms with Gasteiger partial charge in [0.25, 0.3) is 20.2 Å². The van der Waals surface area contributed by atoms with Crippen LogP contribution in [-0.4, -0.2) is 99.5 Å². The highest BCUT2D eigenvalue weighted by Gasteiger charge is 2.30. The number of piperazine rings is 1. The number of phenols is 1. The summed E-state index contributed by atoms with van der Waals surface area (Å²) in [4.78, 5) is 41.1. The molecule has 50 heavy (non-hydrogen) atoms. The summed E-state index contributed by atoms with van der Waals surface area (Å²) in [6, 6.07) is 5.80. The van der Waals surface area contributed by atoms with Crippen LogP contribution in [0.15, 0.2) is 61.2 Å². The number of H-pyrrole nitrogens is 1. The highest BCUT2D eigenvalue weighted by molar-refractivity contribution is 7.86. The Kier molecular flexibility index (Phi) is 9.89. The second-order valence-electron chi connectivity index (χ2n) is 11.5. The van der Waals surface area contributed by atoms with E-state index in [4.69, 9.17) is 5.26 Å². The number of anilines is 3. The Morgan fingerprint density at radius 2 is 1.74 bits per heavy atom. The van der Waals surface area contributed by atoms with Gasteiger partial charge in [0, 0.05) is 30.6 Å². The molecule has 1 aromatic heterocycles. The number of carbonyl (C=O) groups is 1. The van der Waals surface area contributed by atoms with Gasteiger partial charge in [0.05, 0.1) is 21.8 Å². The van der Waals surface area contributed by atoms with Crippen LogP contribution in [0.25, 0.3) is 10.8 Å². The Bertz CT molecular complexity index is 2320. The van der Waals surface area contributed by atoms with Crippen molar-refractivity contribution in [2.45, 2.75) is 42.3 Å². The molecule has 2 heterocycles. The lowest BCUT2D eigenvalue weighted by Crippen LogP contribution is -2.55. The standard InChI is InChI=1S/C28H30N8O12S2/c1-13-11-36(14(2)10-35(13)3)27-30-26(31-28(40)32-27)29-20-9-19(49(42,43)44)7-16-8-21(50(45,46)47)23(24(37)22(16)20)34-33-18-5-15(12-48-41)4-17(6-18)25(38)39/h4-9,13-14,37,41H,10-12H2,1-3H3,(H,38,39)(H,42,43,44)(H,45,46,47)(H2,29,30,31,32,40). The van der Waals surface area contributed by atoms with Crippen LogP contribution in [-0.2, 0) is 31.7 Å². The predicted octanol–water partition coefficient (Wildman–Crippen LogP) is 2.89. The van der Waals surface area contributed by atoms with E-state index in [-0.39, 0.29) is 57.3 Å². The van der Waals surface area contributed by atoms with Crippen LogP contribution < -0.4 is 15.9 Å². The molecule has 1 saturated heterocycles. The van der Waals surface area contributed by atoms with E-state index >= 15 is 0 Å². The average Bonchev–Trinajstić information content (AvgIpc) is 3.00. The Balaban J connectivity index is 1.71.